The zero-order valence-electron chi connectivity index (χ0n) is 17.1. The molecule has 1 amide bonds. The number of likely N-dealkylation sites (N-methyl/N-ethyl adjacent to an activating group) is 1. The number of carbonyl (C=O) groups excluding carboxylic acids is 2. The minimum Gasteiger partial charge on any atom is -0.355 e. The number of thiazole rings is 1. The van der Waals surface area contributed by atoms with Crippen LogP contribution in [0.3, 0.4) is 0 Å². The van der Waals surface area contributed by atoms with Crippen LogP contribution in [0.15, 0.2) is 29.1 Å². The molecule has 0 saturated heterocycles. The predicted molar refractivity (Wildman–Crippen MR) is 110 cm³/mol. The van der Waals surface area contributed by atoms with E-state index in [9.17, 15) is 27.6 Å². The number of aromatic nitrogens is 1. The fourth-order valence-electron chi connectivity index (χ4n) is 2.54. The molecule has 5 nitrogen and oxygen atoms in total. The van der Waals surface area contributed by atoms with Crippen LogP contribution >= 0.6 is 11.3 Å². The lowest BCUT2D eigenvalue weighted by molar-refractivity contribution is -0.137. The second-order valence-electron chi connectivity index (χ2n) is 7.64. The van der Waals surface area contributed by atoms with Gasteiger partial charge in [0, 0.05) is 18.0 Å². The van der Waals surface area contributed by atoms with Crippen LogP contribution in [0.4, 0.5) is 13.2 Å². The maximum atomic E-state index is 13.3. The van der Waals surface area contributed by atoms with Gasteiger partial charge in [-0.2, -0.15) is 13.2 Å². The van der Waals surface area contributed by atoms with E-state index in [1.54, 1.807) is 27.7 Å². The molecule has 0 fully saturated rings. The summed E-state index contributed by atoms with van der Waals surface area (Å²) in [5.41, 5.74) is -2.38. The molecule has 0 saturated carbocycles. The van der Waals surface area contributed by atoms with Gasteiger partial charge >= 0.3 is 6.18 Å². The molecule has 0 unspecified atom stereocenters. The molecule has 0 aliphatic heterocycles. The number of carbonyl (C=O) groups is 2. The summed E-state index contributed by atoms with van der Waals surface area (Å²) in [7, 11) is 0. The number of hydrogen-bond donors (Lipinski definition) is 1. The molecule has 2 aromatic rings. The van der Waals surface area contributed by atoms with Gasteiger partial charge in [-0.3, -0.25) is 19.0 Å². The van der Waals surface area contributed by atoms with Crippen molar-refractivity contribution < 1.29 is 22.8 Å². The normalized spacial score (nSPS) is 13.6. The maximum absolute atomic E-state index is 13.3. The van der Waals surface area contributed by atoms with E-state index in [1.165, 1.54) is 24.3 Å². The Kier molecular flexibility index (Phi) is 7.07. The van der Waals surface area contributed by atoms with E-state index in [2.05, 4.69) is 5.32 Å². The average Bonchev–Trinajstić information content (AvgIpc) is 2.89. The summed E-state index contributed by atoms with van der Waals surface area (Å²) in [6, 6.07) is 4.91. The van der Waals surface area contributed by atoms with Crippen molar-refractivity contribution in [3.8, 4) is 0 Å². The minimum absolute atomic E-state index is 0.00366. The highest BCUT2D eigenvalue weighted by Gasteiger charge is 2.32. The summed E-state index contributed by atoms with van der Waals surface area (Å²) >= 11 is 0.876. The van der Waals surface area contributed by atoms with E-state index in [1.807, 2.05) is 0 Å². The summed E-state index contributed by atoms with van der Waals surface area (Å²) < 4.78 is 41.2. The number of alkyl halides is 3. The zero-order chi connectivity index (χ0) is 22.7. The maximum Gasteiger partial charge on any atom is 0.416 e. The van der Waals surface area contributed by atoms with Crippen molar-refractivity contribution in [2.75, 3.05) is 6.54 Å². The average molecular weight is 440 g/mol. The zero-order valence-corrected chi connectivity index (χ0v) is 17.9. The highest BCUT2D eigenvalue weighted by atomic mass is 32.1. The second-order valence-corrected chi connectivity index (χ2v) is 8.70. The molecule has 1 aromatic heterocycles. The molecule has 0 radical (unpaired) electrons. The van der Waals surface area contributed by atoms with Crippen LogP contribution in [0, 0.1) is 5.41 Å². The summed E-state index contributed by atoms with van der Waals surface area (Å²) in [5.74, 6) is -0.701. The Balaban J connectivity index is 2.74. The van der Waals surface area contributed by atoms with Crippen LogP contribution < -0.4 is 20.1 Å². The lowest BCUT2D eigenvalue weighted by Crippen LogP contribution is -2.38. The first-order valence-electron chi connectivity index (χ1n) is 9.25. The van der Waals surface area contributed by atoms with E-state index in [0.717, 1.165) is 28.0 Å². The minimum atomic E-state index is -4.58. The number of nitrogens with zero attached hydrogens (tertiary/aromatic N) is 1. The van der Waals surface area contributed by atoms with Gasteiger partial charge < -0.3 is 5.32 Å². The molecule has 30 heavy (non-hydrogen) atoms. The Labute approximate surface area is 175 Å². The van der Waals surface area contributed by atoms with Gasteiger partial charge in [-0.05, 0) is 24.6 Å². The van der Waals surface area contributed by atoms with Crippen LogP contribution in [0.1, 0.15) is 38.8 Å². The molecule has 0 atom stereocenters. The fourth-order valence-corrected chi connectivity index (χ4v) is 3.57. The van der Waals surface area contributed by atoms with Gasteiger partial charge in [-0.1, -0.05) is 39.0 Å². The van der Waals surface area contributed by atoms with E-state index < -0.39 is 28.6 Å². The number of halogens is 3. The molecule has 0 aliphatic rings. The van der Waals surface area contributed by atoms with Crippen LogP contribution in [0.25, 0.3) is 12.2 Å². The van der Waals surface area contributed by atoms with E-state index in [-0.39, 0.29) is 27.1 Å². The second kappa shape index (κ2) is 8.99. The Bertz CT molecular complexity index is 1120. The van der Waals surface area contributed by atoms with E-state index in [0.29, 0.717) is 6.54 Å². The number of Topliss-reactive ketones (excluding diaryl/α,β-unsaturated/α-hetero) is 1. The van der Waals surface area contributed by atoms with Gasteiger partial charge in [-0.15, -0.1) is 11.3 Å². The molecule has 0 spiro atoms. The van der Waals surface area contributed by atoms with Crippen molar-refractivity contribution >= 4 is 35.2 Å². The van der Waals surface area contributed by atoms with Crippen LogP contribution in [-0.2, 0) is 22.3 Å². The highest BCUT2D eigenvalue weighted by molar-refractivity contribution is 7.07. The van der Waals surface area contributed by atoms with E-state index >= 15 is 0 Å². The molecule has 0 bridgehead atoms. The van der Waals surface area contributed by atoms with E-state index in [4.69, 9.17) is 0 Å². The molecule has 9 heteroatoms. The topological polar surface area (TPSA) is 68.2 Å². The Hall–Kier alpha value is -2.68. The van der Waals surface area contributed by atoms with Gasteiger partial charge in [0.05, 0.1) is 10.1 Å². The predicted octanol–water partition coefficient (Wildman–Crippen LogP) is 2.29. The lowest BCUT2D eigenvalue weighted by atomic mass is 9.91. The summed E-state index contributed by atoms with van der Waals surface area (Å²) in [6.45, 7) is 6.86. The third kappa shape index (κ3) is 5.69. The summed E-state index contributed by atoms with van der Waals surface area (Å²) in [4.78, 5) is 37.3. The third-order valence-corrected chi connectivity index (χ3v) is 5.22. The van der Waals surface area contributed by atoms with Crippen molar-refractivity contribution in [2.24, 2.45) is 5.41 Å². The van der Waals surface area contributed by atoms with Crippen LogP contribution in [0.2, 0.25) is 0 Å². The molecule has 0 aliphatic carbocycles. The largest absolute Gasteiger partial charge is 0.416 e. The third-order valence-electron chi connectivity index (χ3n) is 4.16. The fraction of sp³-hybridized carbons (Fsp3) is 0.381. The van der Waals surface area contributed by atoms with Crippen molar-refractivity contribution in [3.63, 3.8) is 0 Å². The molecule has 1 aromatic carbocycles. The van der Waals surface area contributed by atoms with Crippen molar-refractivity contribution in [2.45, 2.75) is 40.4 Å². The van der Waals surface area contributed by atoms with Gasteiger partial charge in [0.1, 0.15) is 11.2 Å². The quantitative estimate of drug-likeness (QED) is 0.776. The first-order chi connectivity index (χ1) is 13.8. The first-order valence-corrected chi connectivity index (χ1v) is 10.1. The molecule has 1 heterocycles. The molecule has 2 rings (SSSR count). The first kappa shape index (κ1) is 23.6. The number of amides is 1. The van der Waals surface area contributed by atoms with Crippen molar-refractivity contribution in [1.29, 1.82) is 0 Å². The monoisotopic (exact) mass is 440 g/mol. The summed E-state index contributed by atoms with van der Waals surface area (Å²) in [6.07, 6.45) is -2.18. The Morgan fingerprint density at radius 2 is 1.80 bits per heavy atom. The van der Waals surface area contributed by atoms with Gasteiger partial charge in [-0.25, -0.2) is 0 Å². The van der Waals surface area contributed by atoms with Crippen LogP contribution in [-0.4, -0.2) is 22.8 Å². The Morgan fingerprint density at radius 1 is 1.17 bits per heavy atom. The molecule has 1 N–H and O–H groups in total. The Morgan fingerprint density at radius 3 is 2.37 bits per heavy atom. The molecular formula is C21H23F3N2O3S. The number of ketones is 1. The number of benzene rings is 1. The van der Waals surface area contributed by atoms with Gasteiger partial charge in [0.2, 0.25) is 5.91 Å². The van der Waals surface area contributed by atoms with Crippen molar-refractivity contribution in [3.05, 3.63) is 54.9 Å². The number of hydrogen-bond acceptors (Lipinski definition) is 4. The number of rotatable bonds is 5. The SMILES string of the molecule is CCNC(=O)Cn1c(=CC(=O)C(C)(C)C)sc(=Cc2ccccc2C(F)(F)F)c1=O. The standard InChI is InChI=1S/C21H23F3N2O3S/c1-5-25-17(28)12-26-18(11-16(27)20(2,3)4)30-15(19(26)29)10-13-8-6-7-9-14(13)21(22,23)24/h6-11H,5,12H2,1-4H3,(H,25,28). The highest BCUT2D eigenvalue weighted by Crippen LogP contribution is 2.32. The van der Waals surface area contributed by atoms with Gasteiger partial charge in [0.15, 0.2) is 5.78 Å². The van der Waals surface area contributed by atoms with Gasteiger partial charge in [0.25, 0.3) is 5.56 Å². The smallest absolute Gasteiger partial charge is 0.355 e. The lowest BCUT2D eigenvalue weighted by Gasteiger charge is -2.12. The van der Waals surface area contributed by atoms with Crippen molar-refractivity contribution in [1.82, 2.24) is 9.88 Å². The number of nitrogens with one attached hydrogen (secondary N) is 1. The molecule has 162 valence electrons. The van der Waals surface area contributed by atoms with Crippen LogP contribution in [0.5, 0.6) is 0 Å². The molecular weight excluding hydrogens is 417 g/mol. The summed E-state index contributed by atoms with van der Waals surface area (Å²) in [5, 5.41) is 2.57.